The van der Waals surface area contributed by atoms with Gasteiger partial charge in [0.2, 0.25) is 0 Å². The minimum Gasteiger partial charge on any atom is -0.313 e. The molecular weight excluding hydrogens is 254 g/mol. The zero-order valence-corrected chi connectivity index (χ0v) is 13.0. The Kier molecular flexibility index (Phi) is 4.40. The Morgan fingerprint density at radius 1 is 0.952 bits per heavy atom. The number of rotatable bonds is 6. The summed E-state index contributed by atoms with van der Waals surface area (Å²) < 4.78 is 0. The van der Waals surface area contributed by atoms with E-state index in [1.165, 1.54) is 29.5 Å². The third-order valence-corrected chi connectivity index (χ3v) is 4.79. The summed E-state index contributed by atoms with van der Waals surface area (Å²) >= 11 is 0. The number of hydrogen-bond acceptors (Lipinski definition) is 1. The van der Waals surface area contributed by atoms with Crippen LogP contribution >= 0.6 is 0 Å². The Balaban J connectivity index is 1.70. The van der Waals surface area contributed by atoms with Crippen LogP contribution in [0.25, 0.3) is 0 Å². The summed E-state index contributed by atoms with van der Waals surface area (Å²) in [6.07, 6.45) is 3.83. The van der Waals surface area contributed by atoms with E-state index in [0.717, 1.165) is 18.3 Å². The smallest absolute Gasteiger partial charge is 0.0346 e. The lowest BCUT2D eigenvalue weighted by molar-refractivity contribution is 0.369. The molecular formula is C20H25N. The average Bonchev–Trinajstić information content (AvgIpc) is 3.35. The fraction of sp³-hybridized carbons (Fsp3) is 0.400. The fourth-order valence-electron chi connectivity index (χ4n) is 3.30. The summed E-state index contributed by atoms with van der Waals surface area (Å²) in [4.78, 5) is 0. The molecule has 1 heteroatoms. The molecule has 2 aromatic carbocycles. The minimum absolute atomic E-state index is 0.489. The summed E-state index contributed by atoms with van der Waals surface area (Å²) in [5.74, 6) is 1.65. The van der Waals surface area contributed by atoms with Crippen molar-refractivity contribution in [2.24, 2.45) is 11.8 Å². The predicted octanol–water partition coefficient (Wildman–Crippen LogP) is 4.58. The summed E-state index contributed by atoms with van der Waals surface area (Å²) in [5, 5.41) is 3.51. The largest absolute Gasteiger partial charge is 0.313 e. The molecule has 1 nitrogen and oxygen atoms in total. The van der Waals surface area contributed by atoms with Gasteiger partial charge in [0.1, 0.15) is 0 Å². The van der Waals surface area contributed by atoms with Crippen molar-refractivity contribution < 1.29 is 0 Å². The van der Waals surface area contributed by atoms with Crippen molar-refractivity contribution in [2.45, 2.75) is 32.2 Å². The van der Waals surface area contributed by atoms with Crippen molar-refractivity contribution in [1.29, 1.82) is 0 Å². The molecule has 1 aliphatic rings. The zero-order valence-electron chi connectivity index (χ0n) is 13.0. The van der Waals surface area contributed by atoms with E-state index in [2.05, 4.69) is 73.9 Å². The molecule has 110 valence electrons. The van der Waals surface area contributed by atoms with E-state index < -0.39 is 0 Å². The van der Waals surface area contributed by atoms with E-state index in [0.29, 0.717) is 6.04 Å². The standard InChI is InChI=1S/C20H25N/c1-15(18-12-13-18)20(21-2)19-10-8-17(9-11-19)14-16-6-4-3-5-7-16/h3-11,15,18,20-21H,12-14H2,1-2H3. The summed E-state index contributed by atoms with van der Waals surface area (Å²) in [6, 6.07) is 20.3. The predicted molar refractivity (Wildman–Crippen MR) is 89.4 cm³/mol. The first-order valence-corrected chi connectivity index (χ1v) is 8.08. The first-order valence-electron chi connectivity index (χ1n) is 8.08. The maximum atomic E-state index is 3.51. The van der Waals surface area contributed by atoms with E-state index in [1.54, 1.807) is 0 Å². The SMILES string of the molecule is CNC(c1ccc(Cc2ccccc2)cc1)C(C)C1CC1. The van der Waals surface area contributed by atoms with Gasteiger partial charge in [-0.2, -0.15) is 0 Å². The molecule has 21 heavy (non-hydrogen) atoms. The van der Waals surface area contributed by atoms with Crippen LogP contribution in [-0.4, -0.2) is 7.05 Å². The molecule has 0 heterocycles. The highest BCUT2D eigenvalue weighted by atomic mass is 14.9. The zero-order chi connectivity index (χ0) is 14.7. The van der Waals surface area contributed by atoms with Gasteiger partial charge in [-0.05, 0) is 54.8 Å². The molecule has 2 atom stereocenters. The molecule has 1 saturated carbocycles. The summed E-state index contributed by atoms with van der Waals surface area (Å²) in [7, 11) is 2.08. The van der Waals surface area contributed by atoms with Gasteiger partial charge in [-0.1, -0.05) is 61.5 Å². The van der Waals surface area contributed by atoms with Crippen LogP contribution in [0.5, 0.6) is 0 Å². The van der Waals surface area contributed by atoms with Crippen molar-refractivity contribution in [3.63, 3.8) is 0 Å². The molecule has 2 aromatic rings. The third-order valence-electron chi connectivity index (χ3n) is 4.79. The van der Waals surface area contributed by atoms with Gasteiger partial charge < -0.3 is 5.32 Å². The highest BCUT2D eigenvalue weighted by molar-refractivity contribution is 5.30. The van der Waals surface area contributed by atoms with Crippen LogP contribution in [0.15, 0.2) is 54.6 Å². The van der Waals surface area contributed by atoms with Gasteiger partial charge in [0.15, 0.2) is 0 Å². The average molecular weight is 279 g/mol. The Morgan fingerprint density at radius 2 is 1.57 bits per heavy atom. The number of benzene rings is 2. The highest BCUT2D eigenvalue weighted by Crippen LogP contribution is 2.42. The van der Waals surface area contributed by atoms with Gasteiger partial charge in [-0.3, -0.25) is 0 Å². The van der Waals surface area contributed by atoms with Gasteiger partial charge >= 0.3 is 0 Å². The second kappa shape index (κ2) is 6.44. The van der Waals surface area contributed by atoms with Crippen LogP contribution in [-0.2, 0) is 6.42 Å². The first kappa shape index (κ1) is 14.3. The highest BCUT2D eigenvalue weighted by Gasteiger charge is 2.33. The Bertz CT molecular complexity index is 554. The lowest BCUT2D eigenvalue weighted by atomic mass is 9.90. The molecule has 0 radical (unpaired) electrons. The maximum Gasteiger partial charge on any atom is 0.0346 e. The van der Waals surface area contributed by atoms with Crippen molar-refractivity contribution >= 4 is 0 Å². The molecule has 0 spiro atoms. The maximum absolute atomic E-state index is 3.51. The molecule has 1 N–H and O–H groups in total. The molecule has 1 aliphatic carbocycles. The van der Waals surface area contributed by atoms with Crippen LogP contribution < -0.4 is 5.32 Å². The van der Waals surface area contributed by atoms with Crippen LogP contribution in [0.1, 0.15) is 42.5 Å². The third kappa shape index (κ3) is 3.54. The molecule has 1 fully saturated rings. The van der Waals surface area contributed by atoms with E-state index in [9.17, 15) is 0 Å². The van der Waals surface area contributed by atoms with Gasteiger partial charge in [-0.25, -0.2) is 0 Å². The topological polar surface area (TPSA) is 12.0 Å². The number of hydrogen-bond donors (Lipinski definition) is 1. The quantitative estimate of drug-likeness (QED) is 0.816. The Hall–Kier alpha value is -1.60. The van der Waals surface area contributed by atoms with Crippen molar-refractivity contribution in [2.75, 3.05) is 7.05 Å². The molecule has 0 bridgehead atoms. The van der Waals surface area contributed by atoms with E-state index in [1.807, 2.05) is 0 Å². The second-order valence-electron chi connectivity index (χ2n) is 6.37. The van der Waals surface area contributed by atoms with E-state index in [4.69, 9.17) is 0 Å². The van der Waals surface area contributed by atoms with Gasteiger partial charge in [0.05, 0.1) is 0 Å². The molecule has 0 aromatic heterocycles. The fourth-order valence-corrected chi connectivity index (χ4v) is 3.30. The van der Waals surface area contributed by atoms with Crippen LogP contribution in [0.2, 0.25) is 0 Å². The van der Waals surface area contributed by atoms with Crippen molar-refractivity contribution in [3.8, 4) is 0 Å². The summed E-state index contributed by atoms with van der Waals surface area (Å²) in [5.41, 5.74) is 4.19. The molecule has 2 unspecified atom stereocenters. The molecule has 0 amide bonds. The van der Waals surface area contributed by atoms with Crippen LogP contribution in [0.4, 0.5) is 0 Å². The van der Waals surface area contributed by atoms with Crippen LogP contribution in [0, 0.1) is 11.8 Å². The Labute approximate surface area is 128 Å². The molecule has 0 aliphatic heterocycles. The van der Waals surface area contributed by atoms with E-state index in [-0.39, 0.29) is 0 Å². The second-order valence-corrected chi connectivity index (χ2v) is 6.37. The van der Waals surface area contributed by atoms with E-state index >= 15 is 0 Å². The minimum atomic E-state index is 0.489. The first-order chi connectivity index (χ1) is 10.3. The monoisotopic (exact) mass is 279 g/mol. The number of nitrogens with one attached hydrogen (secondary N) is 1. The lowest BCUT2D eigenvalue weighted by Crippen LogP contribution is -2.24. The lowest BCUT2D eigenvalue weighted by Gasteiger charge is -2.24. The van der Waals surface area contributed by atoms with Gasteiger partial charge in [0, 0.05) is 6.04 Å². The molecule has 3 rings (SSSR count). The van der Waals surface area contributed by atoms with Crippen molar-refractivity contribution in [1.82, 2.24) is 5.32 Å². The Morgan fingerprint density at radius 3 is 2.14 bits per heavy atom. The van der Waals surface area contributed by atoms with Crippen molar-refractivity contribution in [3.05, 3.63) is 71.3 Å². The molecule has 0 saturated heterocycles. The van der Waals surface area contributed by atoms with Crippen LogP contribution in [0.3, 0.4) is 0 Å². The summed E-state index contributed by atoms with van der Waals surface area (Å²) in [6.45, 7) is 2.39. The normalized spacial score (nSPS) is 17.4. The van der Waals surface area contributed by atoms with Gasteiger partial charge in [0.25, 0.3) is 0 Å². The van der Waals surface area contributed by atoms with Gasteiger partial charge in [-0.15, -0.1) is 0 Å².